The highest BCUT2D eigenvalue weighted by molar-refractivity contribution is 7.89. The molecule has 6 nitrogen and oxygen atoms in total. The number of aryl methyl sites for hydroxylation is 1. The Morgan fingerprint density at radius 1 is 1.33 bits per heavy atom. The van der Waals surface area contributed by atoms with Crippen molar-refractivity contribution in [2.24, 2.45) is 0 Å². The average molecular weight is 314 g/mol. The van der Waals surface area contributed by atoms with E-state index < -0.39 is 10.0 Å². The predicted molar refractivity (Wildman–Crippen MR) is 82.8 cm³/mol. The Labute approximate surface area is 127 Å². The number of rotatable bonds is 8. The van der Waals surface area contributed by atoms with E-state index in [2.05, 4.69) is 17.3 Å². The molecule has 120 valence electrons. The molecule has 0 aliphatic heterocycles. The molecule has 2 rings (SSSR count). The molecule has 0 unspecified atom stereocenters. The second-order valence-corrected chi connectivity index (χ2v) is 7.66. The van der Waals surface area contributed by atoms with E-state index in [1.807, 2.05) is 6.92 Å². The summed E-state index contributed by atoms with van der Waals surface area (Å²) in [5.74, 6) is 0. The molecule has 0 atom stereocenters. The van der Waals surface area contributed by atoms with E-state index in [1.54, 1.807) is 18.7 Å². The van der Waals surface area contributed by atoms with Gasteiger partial charge in [-0.15, -0.1) is 0 Å². The van der Waals surface area contributed by atoms with Crippen LogP contribution in [0.5, 0.6) is 0 Å². The van der Waals surface area contributed by atoms with Gasteiger partial charge in [0.15, 0.2) is 0 Å². The lowest BCUT2D eigenvalue weighted by Crippen LogP contribution is -2.29. The SMILES string of the molecule is CCCNCCn1nc(C)c(S(=O)(=O)N(C)C2CC2)c1C. The maximum atomic E-state index is 12.7. The van der Waals surface area contributed by atoms with E-state index in [1.165, 1.54) is 4.31 Å². The van der Waals surface area contributed by atoms with Crippen LogP contribution in [-0.2, 0) is 16.6 Å². The van der Waals surface area contributed by atoms with Crippen LogP contribution in [0.4, 0.5) is 0 Å². The summed E-state index contributed by atoms with van der Waals surface area (Å²) in [5, 5.41) is 7.72. The monoisotopic (exact) mass is 314 g/mol. The maximum absolute atomic E-state index is 12.7. The Hall–Kier alpha value is -0.920. The molecular weight excluding hydrogens is 288 g/mol. The number of hydrogen-bond acceptors (Lipinski definition) is 4. The van der Waals surface area contributed by atoms with E-state index in [4.69, 9.17) is 0 Å². The van der Waals surface area contributed by atoms with Gasteiger partial charge >= 0.3 is 0 Å². The molecule has 21 heavy (non-hydrogen) atoms. The van der Waals surface area contributed by atoms with Crippen LogP contribution >= 0.6 is 0 Å². The second-order valence-electron chi connectivity index (χ2n) is 5.73. The molecule has 1 aliphatic carbocycles. The van der Waals surface area contributed by atoms with Gasteiger partial charge in [-0.2, -0.15) is 9.40 Å². The minimum atomic E-state index is -3.42. The minimum Gasteiger partial charge on any atom is -0.315 e. The smallest absolute Gasteiger partial charge is 0.246 e. The summed E-state index contributed by atoms with van der Waals surface area (Å²) in [6.07, 6.45) is 3.01. The maximum Gasteiger partial charge on any atom is 0.246 e. The summed E-state index contributed by atoms with van der Waals surface area (Å²) < 4.78 is 28.7. The first-order valence-electron chi connectivity index (χ1n) is 7.62. The topological polar surface area (TPSA) is 67.2 Å². The first-order chi connectivity index (χ1) is 9.89. The fourth-order valence-electron chi connectivity index (χ4n) is 2.54. The molecule has 1 aromatic heterocycles. The summed E-state index contributed by atoms with van der Waals surface area (Å²) >= 11 is 0. The van der Waals surface area contributed by atoms with Crippen molar-refractivity contribution < 1.29 is 8.42 Å². The van der Waals surface area contributed by atoms with Crippen molar-refractivity contribution in [1.82, 2.24) is 19.4 Å². The Morgan fingerprint density at radius 3 is 2.57 bits per heavy atom. The average Bonchev–Trinajstić information content (AvgIpc) is 3.21. The Kier molecular flexibility index (Phi) is 5.06. The van der Waals surface area contributed by atoms with Crippen molar-refractivity contribution in [3.63, 3.8) is 0 Å². The molecule has 7 heteroatoms. The van der Waals surface area contributed by atoms with E-state index in [-0.39, 0.29) is 6.04 Å². The number of sulfonamides is 1. The van der Waals surface area contributed by atoms with Crippen LogP contribution in [-0.4, -0.2) is 48.7 Å². The first-order valence-corrected chi connectivity index (χ1v) is 9.06. The van der Waals surface area contributed by atoms with Gasteiger partial charge in [-0.05, 0) is 39.7 Å². The van der Waals surface area contributed by atoms with Crippen molar-refractivity contribution >= 4 is 10.0 Å². The highest BCUT2D eigenvalue weighted by atomic mass is 32.2. The summed E-state index contributed by atoms with van der Waals surface area (Å²) in [6, 6.07) is 0.170. The fourth-order valence-corrected chi connectivity index (χ4v) is 4.32. The molecule has 1 aromatic rings. The molecule has 0 amide bonds. The Morgan fingerprint density at radius 2 is 2.00 bits per heavy atom. The van der Waals surface area contributed by atoms with Crippen molar-refractivity contribution in [1.29, 1.82) is 0 Å². The summed E-state index contributed by atoms with van der Waals surface area (Å²) in [5.41, 5.74) is 1.33. The highest BCUT2D eigenvalue weighted by Crippen LogP contribution is 2.32. The molecule has 1 heterocycles. The van der Waals surface area contributed by atoms with Crippen LogP contribution in [0.3, 0.4) is 0 Å². The minimum absolute atomic E-state index is 0.170. The molecular formula is C14H26N4O2S. The first kappa shape index (κ1) is 16.5. The van der Waals surface area contributed by atoms with Gasteiger partial charge < -0.3 is 5.32 Å². The summed E-state index contributed by atoms with van der Waals surface area (Å²) in [4.78, 5) is 0.382. The van der Waals surface area contributed by atoms with Gasteiger partial charge in [0.1, 0.15) is 4.90 Å². The number of nitrogens with zero attached hydrogens (tertiary/aromatic N) is 3. The second kappa shape index (κ2) is 6.46. The third-order valence-electron chi connectivity index (χ3n) is 3.94. The predicted octanol–water partition coefficient (Wildman–Crippen LogP) is 1.28. The number of nitrogens with one attached hydrogen (secondary N) is 1. The van der Waals surface area contributed by atoms with E-state index in [0.29, 0.717) is 17.1 Å². The highest BCUT2D eigenvalue weighted by Gasteiger charge is 2.37. The van der Waals surface area contributed by atoms with Crippen LogP contribution in [0.2, 0.25) is 0 Å². The van der Waals surface area contributed by atoms with Crippen LogP contribution in [0.1, 0.15) is 37.6 Å². The van der Waals surface area contributed by atoms with Crippen molar-refractivity contribution in [3.05, 3.63) is 11.4 Å². The summed E-state index contributed by atoms with van der Waals surface area (Å²) in [7, 11) is -1.75. The number of aromatic nitrogens is 2. The lowest BCUT2D eigenvalue weighted by Gasteiger charge is -2.16. The van der Waals surface area contributed by atoms with Crippen LogP contribution in [0, 0.1) is 13.8 Å². The zero-order chi connectivity index (χ0) is 15.6. The van der Waals surface area contributed by atoms with E-state index >= 15 is 0 Å². The van der Waals surface area contributed by atoms with Gasteiger partial charge in [-0.3, -0.25) is 4.68 Å². The molecule has 0 bridgehead atoms. The lowest BCUT2D eigenvalue weighted by atomic mass is 10.4. The van der Waals surface area contributed by atoms with Crippen molar-refractivity contribution in [3.8, 4) is 0 Å². The molecule has 1 fully saturated rings. The van der Waals surface area contributed by atoms with Gasteiger partial charge in [0.25, 0.3) is 0 Å². The Bertz CT molecular complexity index is 590. The molecule has 0 radical (unpaired) electrons. The van der Waals surface area contributed by atoms with Gasteiger partial charge in [-0.1, -0.05) is 6.92 Å². The molecule has 0 spiro atoms. The summed E-state index contributed by atoms with van der Waals surface area (Å²) in [6.45, 7) is 8.19. The standard InChI is InChI=1S/C14H26N4O2S/c1-5-8-15-9-10-18-12(3)14(11(2)16-18)21(19,20)17(4)13-6-7-13/h13,15H,5-10H2,1-4H3. The molecule has 0 saturated heterocycles. The van der Waals surface area contributed by atoms with Gasteiger partial charge in [0.2, 0.25) is 10.0 Å². The number of hydrogen-bond donors (Lipinski definition) is 1. The molecule has 1 N–H and O–H groups in total. The zero-order valence-electron chi connectivity index (χ0n) is 13.4. The van der Waals surface area contributed by atoms with E-state index in [9.17, 15) is 8.42 Å². The van der Waals surface area contributed by atoms with Crippen molar-refractivity contribution in [2.75, 3.05) is 20.1 Å². The van der Waals surface area contributed by atoms with E-state index in [0.717, 1.165) is 38.0 Å². The van der Waals surface area contributed by atoms with Crippen LogP contribution in [0.25, 0.3) is 0 Å². The molecule has 1 saturated carbocycles. The van der Waals surface area contributed by atoms with Gasteiger partial charge in [-0.25, -0.2) is 8.42 Å². The fraction of sp³-hybridized carbons (Fsp3) is 0.786. The third-order valence-corrected chi connectivity index (χ3v) is 6.10. The quantitative estimate of drug-likeness (QED) is 0.734. The molecule has 1 aliphatic rings. The largest absolute Gasteiger partial charge is 0.315 e. The third kappa shape index (κ3) is 3.46. The van der Waals surface area contributed by atoms with Crippen molar-refractivity contribution in [2.45, 2.75) is 57.5 Å². The normalized spacial score (nSPS) is 15.9. The lowest BCUT2D eigenvalue weighted by molar-refractivity contribution is 0.463. The van der Waals surface area contributed by atoms with Gasteiger partial charge in [0.05, 0.1) is 17.9 Å². The van der Waals surface area contributed by atoms with Gasteiger partial charge in [0, 0.05) is 19.6 Å². The zero-order valence-corrected chi connectivity index (χ0v) is 14.2. The molecule has 0 aromatic carbocycles. The van der Waals surface area contributed by atoms with Crippen LogP contribution < -0.4 is 5.32 Å². The van der Waals surface area contributed by atoms with Crippen LogP contribution in [0.15, 0.2) is 4.90 Å². The Balaban J connectivity index is 2.18.